The molecular formula is C12H18N2O2. The maximum atomic E-state index is 11.3. The molecule has 1 aromatic rings. The Bertz CT molecular complexity index is 322. The third kappa shape index (κ3) is 4.31. The Morgan fingerprint density at radius 3 is 2.62 bits per heavy atom. The Kier molecular flexibility index (Phi) is 5.36. The molecular weight excluding hydrogens is 204 g/mol. The van der Waals surface area contributed by atoms with Crippen LogP contribution < -0.4 is 15.8 Å². The van der Waals surface area contributed by atoms with Crippen molar-refractivity contribution in [3.05, 3.63) is 29.8 Å². The molecule has 0 saturated heterocycles. The van der Waals surface area contributed by atoms with Crippen molar-refractivity contribution in [3.63, 3.8) is 0 Å². The standard InChI is InChI=1S/C12H18N2O2/c1-16-11-5-2-10(3-6-11)4-7-12(15)14-9-8-13/h2-3,5-6H,4,7-9,13H2,1H3,(H,14,15). The molecule has 4 heteroatoms. The lowest BCUT2D eigenvalue weighted by Crippen LogP contribution is -2.29. The molecule has 0 aliphatic carbocycles. The van der Waals surface area contributed by atoms with Crippen LogP contribution in [0, 0.1) is 0 Å². The predicted molar refractivity (Wildman–Crippen MR) is 63.4 cm³/mol. The zero-order chi connectivity index (χ0) is 11.8. The monoisotopic (exact) mass is 222 g/mol. The zero-order valence-electron chi connectivity index (χ0n) is 9.53. The second kappa shape index (κ2) is 6.85. The molecule has 0 unspecified atom stereocenters. The fourth-order valence-electron chi connectivity index (χ4n) is 1.35. The normalized spacial score (nSPS) is 9.88. The van der Waals surface area contributed by atoms with Crippen molar-refractivity contribution in [3.8, 4) is 5.75 Å². The minimum atomic E-state index is 0.0428. The number of rotatable bonds is 6. The number of benzene rings is 1. The van der Waals surface area contributed by atoms with Crippen LogP contribution in [0.5, 0.6) is 5.75 Å². The SMILES string of the molecule is COc1ccc(CCC(=O)NCCN)cc1. The highest BCUT2D eigenvalue weighted by Crippen LogP contribution is 2.12. The highest BCUT2D eigenvalue weighted by molar-refractivity contribution is 5.76. The molecule has 0 aliphatic rings. The van der Waals surface area contributed by atoms with Crippen LogP contribution in [0.25, 0.3) is 0 Å². The van der Waals surface area contributed by atoms with Crippen molar-refractivity contribution in [2.24, 2.45) is 5.73 Å². The third-order valence-electron chi connectivity index (χ3n) is 2.27. The van der Waals surface area contributed by atoms with Crippen molar-refractivity contribution in [1.82, 2.24) is 5.32 Å². The number of nitrogens with two attached hydrogens (primary N) is 1. The van der Waals surface area contributed by atoms with E-state index in [4.69, 9.17) is 10.5 Å². The van der Waals surface area contributed by atoms with Crippen LogP contribution in [0.3, 0.4) is 0 Å². The summed E-state index contributed by atoms with van der Waals surface area (Å²) in [5.74, 6) is 0.873. The van der Waals surface area contributed by atoms with Crippen molar-refractivity contribution < 1.29 is 9.53 Å². The number of amides is 1. The largest absolute Gasteiger partial charge is 0.497 e. The highest BCUT2D eigenvalue weighted by atomic mass is 16.5. The molecule has 4 nitrogen and oxygen atoms in total. The van der Waals surface area contributed by atoms with Gasteiger partial charge in [-0.05, 0) is 24.1 Å². The molecule has 0 atom stereocenters. The third-order valence-corrected chi connectivity index (χ3v) is 2.27. The molecule has 16 heavy (non-hydrogen) atoms. The van der Waals surface area contributed by atoms with Gasteiger partial charge in [0, 0.05) is 19.5 Å². The van der Waals surface area contributed by atoms with Crippen LogP contribution in [0.2, 0.25) is 0 Å². The first-order valence-corrected chi connectivity index (χ1v) is 5.36. The van der Waals surface area contributed by atoms with Gasteiger partial charge in [0.2, 0.25) is 5.91 Å². The van der Waals surface area contributed by atoms with Crippen LogP contribution in [-0.4, -0.2) is 26.1 Å². The van der Waals surface area contributed by atoms with Gasteiger partial charge in [0.25, 0.3) is 0 Å². The molecule has 0 radical (unpaired) electrons. The molecule has 0 spiro atoms. The molecule has 88 valence electrons. The summed E-state index contributed by atoms with van der Waals surface area (Å²) in [5, 5.41) is 2.74. The number of hydrogen-bond acceptors (Lipinski definition) is 3. The van der Waals surface area contributed by atoms with Crippen LogP contribution in [-0.2, 0) is 11.2 Å². The van der Waals surface area contributed by atoms with E-state index in [1.165, 1.54) is 0 Å². The van der Waals surface area contributed by atoms with E-state index in [9.17, 15) is 4.79 Å². The topological polar surface area (TPSA) is 64.3 Å². The van der Waals surface area contributed by atoms with E-state index in [-0.39, 0.29) is 5.91 Å². The molecule has 0 saturated carbocycles. The average Bonchev–Trinajstić information content (AvgIpc) is 2.34. The van der Waals surface area contributed by atoms with Crippen molar-refractivity contribution in [2.75, 3.05) is 20.2 Å². The Morgan fingerprint density at radius 2 is 2.06 bits per heavy atom. The number of methoxy groups -OCH3 is 1. The molecule has 0 aromatic heterocycles. The second-order valence-corrected chi connectivity index (χ2v) is 3.49. The summed E-state index contributed by atoms with van der Waals surface area (Å²) < 4.78 is 5.05. The van der Waals surface area contributed by atoms with Gasteiger partial charge in [-0.1, -0.05) is 12.1 Å². The lowest BCUT2D eigenvalue weighted by molar-refractivity contribution is -0.120. The van der Waals surface area contributed by atoms with E-state index in [0.717, 1.165) is 17.7 Å². The zero-order valence-corrected chi connectivity index (χ0v) is 9.53. The molecule has 1 rings (SSSR count). The summed E-state index contributed by atoms with van der Waals surface area (Å²) in [6.45, 7) is 1.02. The summed E-state index contributed by atoms with van der Waals surface area (Å²) in [5.41, 5.74) is 6.42. The van der Waals surface area contributed by atoms with Gasteiger partial charge in [0.1, 0.15) is 5.75 Å². The van der Waals surface area contributed by atoms with Crippen LogP contribution in [0.15, 0.2) is 24.3 Å². The van der Waals surface area contributed by atoms with Gasteiger partial charge in [0.15, 0.2) is 0 Å². The predicted octanol–water partition coefficient (Wildman–Crippen LogP) is 0.703. The molecule has 0 fully saturated rings. The number of hydrogen-bond donors (Lipinski definition) is 2. The van der Waals surface area contributed by atoms with Crippen molar-refractivity contribution in [2.45, 2.75) is 12.8 Å². The van der Waals surface area contributed by atoms with Gasteiger partial charge in [-0.15, -0.1) is 0 Å². The Hall–Kier alpha value is -1.55. The quantitative estimate of drug-likeness (QED) is 0.744. The summed E-state index contributed by atoms with van der Waals surface area (Å²) in [6.07, 6.45) is 1.23. The number of carbonyl (C=O) groups excluding carboxylic acids is 1. The van der Waals surface area contributed by atoms with Gasteiger partial charge in [-0.2, -0.15) is 0 Å². The van der Waals surface area contributed by atoms with Gasteiger partial charge in [0.05, 0.1) is 7.11 Å². The van der Waals surface area contributed by atoms with Crippen molar-refractivity contribution >= 4 is 5.91 Å². The van der Waals surface area contributed by atoms with E-state index in [2.05, 4.69) is 5.32 Å². The van der Waals surface area contributed by atoms with Gasteiger partial charge in [-0.3, -0.25) is 4.79 Å². The number of ether oxygens (including phenoxy) is 1. The Labute approximate surface area is 95.8 Å². The fourth-order valence-corrected chi connectivity index (χ4v) is 1.35. The second-order valence-electron chi connectivity index (χ2n) is 3.49. The maximum absolute atomic E-state index is 11.3. The highest BCUT2D eigenvalue weighted by Gasteiger charge is 2.01. The van der Waals surface area contributed by atoms with Gasteiger partial charge >= 0.3 is 0 Å². The smallest absolute Gasteiger partial charge is 0.220 e. The fraction of sp³-hybridized carbons (Fsp3) is 0.417. The molecule has 0 bridgehead atoms. The van der Waals surface area contributed by atoms with Crippen LogP contribution in [0.4, 0.5) is 0 Å². The summed E-state index contributed by atoms with van der Waals surface area (Å²) in [6, 6.07) is 7.73. The Balaban J connectivity index is 2.33. The minimum Gasteiger partial charge on any atom is -0.497 e. The molecule has 1 amide bonds. The average molecular weight is 222 g/mol. The van der Waals surface area contributed by atoms with Gasteiger partial charge in [-0.25, -0.2) is 0 Å². The molecule has 1 aromatic carbocycles. The first-order valence-electron chi connectivity index (χ1n) is 5.36. The lowest BCUT2D eigenvalue weighted by Gasteiger charge is -2.04. The minimum absolute atomic E-state index is 0.0428. The summed E-state index contributed by atoms with van der Waals surface area (Å²) in [7, 11) is 1.63. The van der Waals surface area contributed by atoms with Crippen LogP contribution in [0.1, 0.15) is 12.0 Å². The molecule has 0 heterocycles. The first-order chi connectivity index (χ1) is 7.76. The van der Waals surface area contributed by atoms with E-state index in [0.29, 0.717) is 19.5 Å². The summed E-state index contributed by atoms with van der Waals surface area (Å²) >= 11 is 0. The van der Waals surface area contributed by atoms with E-state index in [1.54, 1.807) is 7.11 Å². The van der Waals surface area contributed by atoms with Gasteiger partial charge < -0.3 is 15.8 Å². The van der Waals surface area contributed by atoms with Crippen LogP contribution >= 0.6 is 0 Å². The maximum Gasteiger partial charge on any atom is 0.220 e. The summed E-state index contributed by atoms with van der Waals surface area (Å²) in [4.78, 5) is 11.3. The first kappa shape index (κ1) is 12.5. The Morgan fingerprint density at radius 1 is 1.38 bits per heavy atom. The van der Waals surface area contributed by atoms with E-state index in [1.807, 2.05) is 24.3 Å². The number of nitrogens with one attached hydrogen (secondary N) is 1. The number of carbonyl (C=O) groups is 1. The molecule has 0 aliphatic heterocycles. The van der Waals surface area contributed by atoms with Crippen molar-refractivity contribution in [1.29, 1.82) is 0 Å². The molecule has 3 N–H and O–H groups in total. The lowest BCUT2D eigenvalue weighted by atomic mass is 10.1. The number of aryl methyl sites for hydroxylation is 1. The van der Waals surface area contributed by atoms with E-state index >= 15 is 0 Å². The van der Waals surface area contributed by atoms with E-state index < -0.39 is 0 Å².